The minimum absolute atomic E-state index is 0.0729. The zero-order valence-electron chi connectivity index (χ0n) is 21.3. The van der Waals surface area contributed by atoms with Crippen LogP contribution in [0.5, 0.6) is 0 Å². The van der Waals surface area contributed by atoms with Crippen LogP contribution in [0, 0.1) is 0 Å². The number of unbranched alkanes of at least 4 members (excludes halogenated alkanes) is 3. The van der Waals surface area contributed by atoms with E-state index in [4.69, 9.17) is 9.47 Å². The van der Waals surface area contributed by atoms with Gasteiger partial charge in [-0.1, -0.05) is 25.0 Å². The highest BCUT2D eigenvalue weighted by Crippen LogP contribution is 2.28. The molecule has 2 heterocycles. The van der Waals surface area contributed by atoms with Gasteiger partial charge in [0.25, 0.3) is 23.6 Å². The fraction of sp³-hybridized carbons (Fsp3) is 0.357. The molecule has 0 unspecified atom stereocenters. The lowest BCUT2D eigenvalue weighted by molar-refractivity contribution is 0.0512. The maximum absolute atomic E-state index is 12.9. The van der Waals surface area contributed by atoms with Gasteiger partial charge in [-0.05, 0) is 51.0 Å². The Hall–Kier alpha value is -4.34. The summed E-state index contributed by atoms with van der Waals surface area (Å²) in [5, 5.41) is 0. The molecular weight excluding hydrogens is 492 g/mol. The molecule has 2 aliphatic heterocycles. The SMILES string of the molecule is CCOC(=O)c1cccc2c1C(=O)N(CCCCCCN1C(=O)c3cccc(C(=O)OCC)c3C1=O)C2=O. The van der Waals surface area contributed by atoms with Gasteiger partial charge in [-0.15, -0.1) is 0 Å². The number of hydrogen-bond donors (Lipinski definition) is 0. The van der Waals surface area contributed by atoms with Crippen molar-refractivity contribution in [2.24, 2.45) is 0 Å². The molecule has 4 amide bonds. The van der Waals surface area contributed by atoms with E-state index < -0.39 is 35.6 Å². The van der Waals surface area contributed by atoms with Crippen LogP contribution in [0.3, 0.4) is 0 Å². The molecule has 0 spiro atoms. The summed E-state index contributed by atoms with van der Waals surface area (Å²) in [5.74, 6) is -3.21. The van der Waals surface area contributed by atoms with Crippen LogP contribution in [0.15, 0.2) is 36.4 Å². The molecule has 0 fully saturated rings. The number of benzene rings is 2. The summed E-state index contributed by atoms with van der Waals surface area (Å²) in [5.41, 5.74) is 0.684. The molecule has 0 saturated heterocycles. The number of carbonyl (C=O) groups is 6. The molecule has 2 aliphatic rings. The highest BCUT2D eigenvalue weighted by Gasteiger charge is 2.39. The number of imide groups is 2. The third kappa shape index (κ3) is 4.81. The molecule has 0 aromatic heterocycles. The predicted molar refractivity (Wildman–Crippen MR) is 134 cm³/mol. The highest BCUT2D eigenvalue weighted by atomic mass is 16.5. The van der Waals surface area contributed by atoms with E-state index in [1.165, 1.54) is 24.3 Å². The molecule has 0 aliphatic carbocycles. The lowest BCUT2D eigenvalue weighted by Crippen LogP contribution is -2.31. The van der Waals surface area contributed by atoms with Crippen molar-refractivity contribution in [3.05, 3.63) is 69.8 Å². The Morgan fingerprint density at radius 1 is 0.605 bits per heavy atom. The van der Waals surface area contributed by atoms with Gasteiger partial charge in [0.2, 0.25) is 0 Å². The number of fused-ring (bicyclic) bond motifs is 2. The Labute approximate surface area is 219 Å². The Morgan fingerprint density at radius 2 is 1.00 bits per heavy atom. The molecular formula is C28H28N2O8. The van der Waals surface area contributed by atoms with Gasteiger partial charge in [0.15, 0.2) is 0 Å². The molecule has 0 atom stereocenters. The second-order valence-electron chi connectivity index (χ2n) is 8.84. The van der Waals surface area contributed by atoms with E-state index in [1.807, 2.05) is 0 Å². The molecule has 10 heteroatoms. The van der Waals surface area contributed by atoms with Crippen molar-refractivity contribution in [1.29, 1.82) is 0 Å². The van der Waals surface area contributed by atoms with Gasteiger partial charge in [-0.3, -0.25) is 29.0 Å². The molecule has 38 heavy (non-hydrogen) atoms. The van der Waals surface area contributed by atoms with Crippen LogP contribution < -0.4 is 0 Å². The largest absolute Gasteiger partial charge is 0.462 e. The van der Waals surface area contributed by atoms with Gasteiger partial charge >= 0.3 is 11.9 Å². The Kier molecular flexibility index (Phi) is 7.99. The fourth-order valence-corrected chi connectivity index (χ4v) is 4.72. The lowest BCUT2D eigenvalue weighted by atomic mass is 10.0. The lowest BCUT2D eigenvalue weighted by Gasteiger charge is -2.15. The number of carbonyl (C=O) groups excluding carboxylic acids is 6. The zero-order chi connectivity index (χ0) is 27.4. The van der Waals surface area contributed by atoms with Gasteiger partial charge in [-0.2, -0.15) is 0 Å². The minimum Gasteiger partial charge on any atom is -0.462 e. The van der Waals surface area contributed by atoms with E-state index in [-0.39, 0.29) is 59.7 Å². The normalized spacial score (nSPS) is 14.2. The third-order valence-electron chi connectivity index (χ3n) is 6.50. The molecule has 4 rings (SSSR count). The Bertz CT molecular complexity index is 1230. The number of ether oxygens (including phenoxy) is 2. The summed E-state index contributed by atoms with van der Waals surface area (Å²) in [7, 11) is 0. The first-order valence-electron chi connectivity index (χ1n) is 12.6. The van der Waals surface area contributed by atoms with Crippen LogP contribution in [0.4, 0.5) is 0 Å². The number of rotatable bonds is 11. The summed E-state index contributed by atoms with van der Waals surface area (Å²) in [6.45, 7) is 4.00. The first-order chi connectivity index (χ1) is 18.3. The molecule has 10 nitrogen and oxygen atoms in total. The third-order valence-corrected chi connectivity index (χ3v) is 6.50. The second kappa shape index (κ2) is 11.4. The second-order valence-corrected chi connectivity index (χ2v) is 8.84. The number of hydrogen-bond acceptors (Lipinski definition) is 8. The van der Waals surface area contributed by atoms with Crippen LogP contribution >= 0.6 is 0 Å². The van der Waals surface area contributed by atoms with Crippen molar-refractivity contribution >= 4 is 35.6 Å². The van der Waals surface area contributed by atoms with Crippen molar-refractivity contribution in [2.75, 3.05) is 26.3 Å². The summed E-state index contributed by atoms with van der Waals surface area (Å²) in [4.78, 5) is 78.1. The van der Waals surface area contributed by atoms with Crippen molar-refractivity contribution in [1.82, 2.24) is 9.80 Å². The maximum Gasteiger partial charge on any atom is 0.338 e. The molecule has 0 saturated carbocycles. The molecule has 0 radical (unpaired) electrons. The van der Waals surface area contributed by atoms with Crippen LogP contribution in [-0.4, -0.2) is 71.7 Å². The van der Waals surface area contributed by atoms with E-state index in [0.717, 1.165) is 9.80 Å². The molecule has 2 aromatic carbocycles. The number of amides is 4. The smallest absolute Gasteiger partial charge is 0.338 e. The Balaban J connectivity index is 1.29. The minimum atomic E-state index is -0.644. The summed E-state index contributed by atoms with van der Waals surface area (Å²) in [6, 6.07) is 9.09. The van der Waals surface area contributed by atoms with Crippen LogP contribution in [0.1, 0.15) is 102 Å². The van der Waals surface area contributed by atoms with Crippen molar-refractivity contribution in [3.63, 3.8) is 0 Å². The van der Waals surface area contributed by atoms with Gasteiger partial charge < -0.3 is 9.47 Å². The maximum atomic E-state index is 12.9. The van der Waals surface area contributed by atoms with Crippen LogP contribution in [0.25, 0.3) is 0 Å². The van der Waals surface area contributed by atoms with E-state index in [2.05, 4.69) is 0 Å². The average Bonchev–Trinajstić information content (AvgIpc) is 3.30. The van der Waals surface area contributed by atoms with Crippen molar-refractivity contribution in [3.8, 4) is 0 Å². The van der Waals surface area contributed by atoms with E-state index in [9.17, 15) is 28.8 Å². The van der Waals surface area contributed by atoms with E-state index in [1.54, 1.807) is 26.0 Å². The zero-order valence-corrected chi connectivity index (χ0v) is 21.3. The molecule has 0 N–H and O–H groups in total. The van der Waals surface area contributed by atoms with Gasteiger partial charge in [0, 0.05) is 13.1 Å². The number of esters is 2. The topological polar surface area (TPSA) is 127 Å². The first-order valence-corrected chi connectivity index (χ1v) is 12.6. The van der Waals surface area contributed by atoms with E-state index >= 15 is 0 Å². The quantitative estimate of drug-likeness (QED) is 0.250. The monoisotopic (exact) mass is 520 g/mol. The molecule has 2 aromatic rings. The number of nitrogens with zero attached hydrogens (tertiary/aromatic N) is 2. The fourth-order valence-electron chi connectivity index (χ4n) is 4.72. The van der Waals surface area contributed by atoms with E-state index in [0.29, 0.717) is 25.7 Å². The average molecular weight is 521 g/mol. The van der Waals surface area contributed by atoms with Gasteiger partial charge in [-0.25, -0.2) is 9.59 Å². The van der Waals surface area contributed by atoms with Crippen molar-refractivity contribution < 1.29 is 38.2 Å². The Morgan fingerprint density at radius 3 is 1.37 bits per heavy atom. The van der Waals surface area contributed by atoms with Gasteiger partial charge in [0.1, 0.15) is 0 Å². The first kappa shape index (κ1) is 26.7. The standard InChI is InChI=1S/C28H28N2O8/c1-3-37-27(35)19-13-9-11-17-21(19)25(33)29(23(17)31)15-7-5-6-8-16-30-24(32)18-12-10-14-20(22(18)26(30)34)28(36)38-4-2/h9-14H,3-8,15-16H2,1-2H3. The summed E-state index contributed by atoms with van der Waals surface area (Å²) < 4.78 is 10.0. The van der Waals surface area contributed by atoms with Crippen LogP contribution in [-0.2, 0) is 9.47 Å². The highest BCUT2D eigenvalue weighted by molar-refractivity contribution is 6.25. The van der Waals surface area contributed by atoms with Crippen molar-refractivity contribution in [2.45, 2.75) is 39.5 Å². The van der Waals surface area contributed by atoms with Crippen LogP contribution in [0.2, 0.25) is 0 Å². The molecule has 198 valence electrons. The van der Waals surface area contributed by atoms with Gasteiger partial charge in [0.05, 0.1) is 46.6 Å². The summed E-state index contributed by atoms with van der Waals surface area (Å²) >= 11 is 0. The molecule has 0 bridgehead atoms. The summed E-state index contributed by atoms with van der Waals surface area (Å²) in [6.07, 6.45) is 2.34. The predicted octanol–water partition coefficient (Wildman–Crippen LogP) is 3.49.